The van der Waals surface area contributed by atoms with Crippen LogP contribution >= 0.6 is 11.3 Å². The van der Waals surface area contributed by atoms with Crippen LogP contribution < -0.4 is 15.9 Å². The van der Waals surface area contributed by atoms with Gasteiger partial charge in [-0.3, -0.25) is 9.59 Å². The Balaban J connectivity index is 1.86. The molecular weight excluding hydrogens is 290 g/mol. The molecular formula is C14H13N3O3S. The SMILES string of the molecule is NC(=O)COc1ccc(/C=N/NC(=O)c2cccs2)cc1. The number of hydrogen-bond acceptors (Lipinski definition) is 5. The number of rotatable bonds is 6. The first-order valence-corrected chi connectivity index (χ1v) is 6.91. The zero-order valence-electron chi connectivity index (χ0n) is 11.0. The van der Waals surface area contributed by atoms with Crippen LogP contribution in [0.1, 0.15) is 15.2 Å². The van der Waals surface area contributed by atoms with Gasteiger partial charge in [-0.05, 0) is 41.3 Å². The van der Waals surface area contributed by atoms with Gasteiger partial charge in [0.1, 0.15) is 5.75 Å². The lowest BCUT2D eigenvalue weighted by atomic mass is 10.2. The number of thiophene rings is 1. The largest absolute Gasteiger partial charge is 0.484 e. The van der Waals surface area contributed by atoms with Crippen LogP contribution in [0.4, 0.5) is 0 Å². The fourth-order valence-electron chi connectivity index (χ4n) is 1.43. The van der Waals surface area contributed by atoms with Crippen molar-refractivity contribution in [2.45, 2.75) is 0 Å². The van der Waals surface area contributed by atoms with Crippen LogP contribution in [0.25, 0.3) is 0 Å². The highest BCUT2D eigenvalue weighted by atomic mass is 32.1. The minimum atomic E-state index is -0.531. The van der Waals surface area contributed by atoms with E-state index in [0.29, 0.717) is 10.6 Å². The van der Waals surface area contributed by atoms with Crippen LogP contribution in [-0.2, 0) is 4.79 Å². The van der Waals surface area contributed by atoms with Crippen LogP contribution in [-0.4, -0.2) is 24.6 Å². The minimum Gasteiger partial charge on any atom is -0.484 e. The van der Waals surface area contributed by atoms with Crippen LogP contribution in [0.15, 0.2) is 46.9 Å². The van der Waals surface area contributed by atoms with Gasteiger partial charge in [-0.1, -0.05) is 6.07 Å². The maximum Gasteiger partial charge on any atom is 0.281 e. The number of benzene rings is 1. The molecule has 0 aliphatic carbocycles. The molecule has 108 valence electrons. The normalized spacial score (nSPS) is 10.5. The Morgan fingerprint density at radius 1 is 1.29 bits per heavy atom. The maximum atomic E-state index is 11.6. The average molecular weight is 303 g/mol. The van der Waals surface area contributed by atoms with Gasteiger partial charge < -0.3 is 10.5 Å². The average Bonchev–Trinajstić information content (AvgIpc) is 3.00. The van der Waals surface area contributed by atoms with Gasteiger partial charge in [0.2, 0.25) is 0 Å². The molecule has 0 saturated heterocycles. The van der Waals surface area contributed by atoms with Crippen molar-refractivity contribution in [2.75, 3.05) is 6.61 Å². The van der Waals surface area contributed by atoms with Crippen molar-refractivity contribution in [3.05, 3.63) is 52.2 Å². The van der Waals surface area contributed by atoms with E-state index >= 15 is 0 Å². The van der Waals surface area contributed by atoms with Gasteiger partial charge in [-0.2, -0.15) is 5.10 Å². The Bertz CT molecular complexity index is 636. The molecule has 0 saturated carbocycles. The summed E-state index contributed by atoms with van der Waals surface area (Å²) >= 11 is 1.35. The highest BCUT2D eigenvalue weighted by Gasteiger charge is 2.03. The van der Waals surface area contributed by atoms with Crippen molar-refractivity contribution in [2.24, 2.45) is 10.8 Å². The van der Waals surface area contributed by atoms with E-state index in [-0.39, 0.29) is 12.5 Å². The van der Waals surface area contributed by atoms with E-state index in [1.54, 1.807) is 36.4 Å². The van der Waals surface area contributed by atoms with Gasteiger partial charge in [-0.15, -0.1) is 11.3 Å². The van der Waals surface area contributed by atoms with E-state index in [2.05, 4.69) is 10.5 Å². The summed E-state index contributed by atoms with van der Waals surface area (Å²) in [5.74, 6) is -0.242. The summed E-state index contributed by atoms with van der Waals surface area (Å²) in [5, 5.41) is 5.69. The van der Waals surface area contributed by atoms with Gasteiger partial charge in [-0.25, -0.2) is 5.43 Å². The molecule has 1 heterocycles. The number of hydrazone groups is 1. The number of nitrogens with zero attached hydrogens (tertiary/aromatic N) is 1. The predicted molar refractivity (Wildman–Crippen MR) is 80.5 cm³/mol. The number of nitrogens with one attached hydrogen (secondary N) is 1. The van der Waals surface area contributed by atoms with Crippen molar-refractivity contribution in [3.8, 4) is 5.75 Å². The van der Waals surface area contributed by atoms with Gasteiger partial charge in [0.05, 0.1) is 11.1 Å². The maximum absolute atomic E-state index is 11.6. The monoisotopic (exact) mass is 303 g/mol. The van der Waals surface area contributed by atoms with Gasteiger partial charge in [0.15, 0.2) is 6.61 Å². The summed E-state index contributed by atoms with van der Waals surface area (Å²) in [5.41, 5.74) is 8.20. The number of carbonyl (C=O) groups is 2. The Morgan fingerprint density at radius 2 is 2.05 bits per heavy atom. The third-order valence-corrected chi connectivity index (χ3v) is 3.25. The molecule has 0 atom stereocenters. The molecule has 0 bridgehead atoms. The molecule has 1 aromatic heterocycles. The van der Waals surface area contributed by atoms with Gasteiger partial charge in [0.25, 0.3) is 11.8 Å². The Labute approximate surface area is 125 Å². The lowest BCUT2D eigenvalue weighted by molar-refractivity contribution is -0.119. The van der Waals surface area contributed by atoms with Gasteiger partial charge in [0, 0.05) is 0 Å². The molecule has 3 N–H and O–H groups in total. The van der Waals surface area contributed by atoms with Crippen molar-refractivity contribution < 1.29 is 14.3 Å². The van der Waals surface area contributed by atoms with E-state index in [1.807, 2.05) is 5.38 Å². The van der Waals surface area contributed by atoms with E-state index in [9.17, 15) is 9.59 Å². The third-order valence-electron chi connectivity index (χ3n) is 2.39. The van der Waals surface area contributed by atoms with Crippen LogP contribution in [0.3, 0.4) is 0 Å². The predicted octanol–water partition coefficient (Wildman–Crippen LogP) is 1.38. The molecule has 2 amide bonds. The molecule has 0 aliphatic rings. The zero-order valence-corrected chi connectivity index (χ0v) is 11.8. The quantitative estimate of drug-likeness (QED) is 0.623. The molecule has 0 radical (unpaired) electrons. The van der Waals surface area contributed by atoms with Gasteiger partial charge >= 0.3 is 0 Å². The number of ether oxygens (including phenoxy) is 1. The first-order valence-electron chi connectivity index (χ1n) is 6.03. The second-order valence-electron chi connectivity index (χ2n) is 4.00. The summed E-state index contributed by atoms with van der Waals surface area (Å²) in [4.78, 5) is 22.8. The molecule has 0 unspecified atom stereocenters. The number of amides is 2. The number of carbonyl (C=O) groups excluding carboxylic acids is 2. The summed E-state index contributed by atoms with van der Waals surface area (Å²) in [7, 11) is 0. The number of primary amides is 1. The molecule has 21 heavy (non-hydrogen) atoms. The minimum absolute atomic E-state index is 0.162. The van der Waals surface area contributed by atoms with E-state index in [4.69, 9.17) is 10.5 Å². The Kier molecular flexibility index (Phi) is 5.05. The van der Waals surface area contributed by atoms with Crippen molar-refractivity contribution in [1.82, 2.24) is 5.43 Å². The van der Waals surface area contributed by atoms with Crippen LogP contribution in [0.2, 0.25) is 0 Å². The molecule has 0 spiro atoms. The summed E-state index contributed by atoms with van der Waals surface area (Å²) < 4.78 is 5.13. The first-order chi connectivity index (χ1) is 10.1. The standard InChI is InChI=1S/C14H13N3O3S/c15-13(18)9-20-11-5-3-10(4-6-11)8-16-17-14(19)12-2-1-7-21-12/h1-8H,9H2,(H2,15,18)(H,17,19)/b16-8+. The molecule has 2 aromatic rings. The van der Waals surface area contributed by atoms with Crippen molar-refractivity contribution in [3.63, 3.8) is 0 Å². The van der Waals surface area contributed by atoms with E-state index in [0.717, 1.165) is 5.56 Å². The highest BCUT2D eigenvalue weighted by molar-refractivity contribution is 7.12. The van der Waals surface area contributed by atoms with Crippen LogP contribution in [0, 0.1) is 0 Å². The number of hydrogen-bond donors (Lipinski definition) is 2. The van der Waals surface area contributed by atoms with Crippen LogP contribution in [0.5, 0.6) is 5.75 Å². The molecule has 0 fully saturated rings. The Hall–Kier alpha value is -2.67. The number of nitrogens with two attached hydrogens (primary N) is 1. The highest BCUT2D eigenvalue weighted by Crippen LogP contribution is 2.11. The molecule has 0 aliphatic heterocycles. The third kappa shape index (κ3) is 4.73. The summed E-state index contributed by atoms with van der Waals surface area (Å²) in [6, 6.07) is 10.4. The lowest BCUT2D eigenvalue weighted by Crippen LogP contribution is -2.19. The molecule has 6 nitrogen and oxygen atoms in total. The lowest BCUT2D eigenvalue weighted by Gasteiger charge is -2.03. The summed E-state index contributed by atoms with van der Waals surface area (Å²) in [6.07, 6.45) is 1.52. The van der Waals surface area contributed by atoms with E-state index < -0.39 is 5.91 Å². The fourth-order valence-corrected chi connectivity index (χ4v) is 2.05. The second kappa shape index (κ2) is 7.20. The zero-order chi connectivity index (χ0) is 15.1. The first kappa shape index (κ1) is 14.7. The smallest absolute Gasteiger partial charge is 0.281 e. The second-order valence-corrected chi connectivity index (χ2v) is 4.95. The summed E-state index contributed by atoms with van der Waals surface area (Å²) in [6.45, 7) is -0.162. The van der Waals surface area contributed by atoms with Crippen molar-refractivity contribution in [1.29, 1.82) is 0 Å². The fraction of sp³-hybridized carbons (Fsp3) is 0.0714. The molecule has 2 rings (SSSR count). The Morgan fingerprint density at radius 3 is 2.67 bits per heavy atom. The van der Waals surface area contributed by atoms with E-state index in [1.165, 1.54) is 17.6 Å². The topological polar surface area (TPSA) is 93.8 Å². The van der Waals surface area contributed by atoms with Crippen molar-refractivity contribution >= 4 is 29.4 Å². The molecule has 7 heteroatoms. The molecule has 1 aromatic carbocycles.